The van der Waals surface area contributed by atoms with Gasteiger partial charge in [0.2, 0.25) is 0 Å². The predicted octanol–water partition coefficient (Wildman–Crippen LogP) is 2.86. The van der Waals surface area contributed by atoms with Gasteiger partial charge in [-0.15, -0.1) is 0 Å². The van der Waals surface area contributed by atoms with Crippen LogP contribution in [0.5, 0.6) is 0 Å². The van der Waals surface area contributed by atoms with Crippen LogP contribution in [0.15, 0.2) is 36.7 Å². The number of imidazole rings is 1. The van der Waals surface area contributed by atoms with E-state index >= 15 is 0 Å². The van der Waals surface area contributed by atoms with Crippen LogP contribution in [0.25, 0.3) is 22.4 Å². The van der Waals surface area contributed by atoms with Gasteiger partial charge >= 0.3 is 0 Å². The summed E-state index contributed by atoms with van der Waals surface area (Å²) < 4.78 is 0. The number of rotatable bonds is 1. The van der Waals surface area contributed by atoms with Crippen LogP contribution >= 0.6 is 11.6 Å². The maximum absolute atomic E-state index is 5.92. The third-order valence-electron chi connectivity index (χ3n) is 2.48. The number of benzene rings is 1. The summed E-state index contributed by atoms with van der Waals surface area (Å²) in [7, 11) is 0. The van der Waals surface area contributed by atoms with Crippen LogP contribution in [0, 0.1) is 0 Å². The molecule has 5 heteroatoms. The number of nitrogens with one attached hydrogen (secondary N) is 1. The Morgan fingerprint density at radius 2 is 2.06 bits per heavy atom. The summed E-state index contributed by atoms with van der Waals surface area (Å²) in [6.45, 7) is 0. The molecule has 3 aromatic rings. The van der Waals surface area contributed by atoms with Crippen LogP contribution in [-0.4, -0.2) is 15.0 Å². The van der Waals surface area contributed by atoms with Crippen molar-refractivity contribution in [2.24, 2.45) is 0 Å². The van der Waals surface area contributed by atoms with Gasteiger partial charge in [-0.25, -0.2) is 4.98 Å². The summed E-state index contributed by atoms with van der Waals surface area (Å²) in [5.41, 5.74) is 8.93. The fourth-order valence-corrected chi connectivity index (χ4v) is 1.88. The molecule has 2 heterocycles. The molecule has 0 saturated carbocycles. The largest absolute Gasteiger partial charge is 0.397 e. The van der Waals surface area contributed by atoms with E-state index in [9.17, 15) is 0 Å². The molecule has 0 aliphatic heterocycles. The minimum Gasteiger partial charge on any atom is -0.397 e. The number of aromatic nitrogens is 3. The van der Waals surface area contributed by atoms with Crippen molar-refractivity contribution < 1.29 is 0 Å². The first-order chi connectivity index (χ1) is 8.22. The van der Waals surface area contributed by atoms with Gasteiger partial charge in [0.25, 0.3) is 0 Å². The molecule has 0 saturated heterocycles. The molecule has 0 fully saturated rings. The average molecular weight is 245 g/mol. The van der Waals surface area contributed by atoms with E-state index < -0.39 is 0 Å². The van der Waals surface area contributed by atoms with E-state index in [1.165, 1.54) is 0 Å². The van der Waals surface area contributed by atoms with Crippen LogP contribution in [-0.2, 0) is 0 Å². The molecule has 4 nitrogen and oxygen atoms in total. The highest BCUT2D eigenvalue weighted by Gasteiger charge is 2.06. The van der Waals surface area contributed by atoms with Gasteiger partial charge in [-0.1, -0.05) is 11.6 Å². The fourth-order valence-electron chi connectivity index (χ4n) is 1.71. The van der Waals surface area contributed by atoms with Gasteiger partial charge in [-0.3, -0.25) is 4.98 Å². The minimum atomic E-state index is 0.612. The summed E-state index contributed by atoms with van der Waals surface area (Å²) in [4.78, 5) is 11.7. The third-order valence-corrected chi connectivity index (χ3v) is 2.71. The number of nitrogen functional groups attached to an aromatic ring is 1. The number of halogens is 1. The Hall–Kier alpha value is -2.07. The second-order valence-electron chi connectivity index (χ2n) is 3.75. The summed E-state index contributed by atoms with van der Waals surface area (Å²) in [6, 6.07) is 7.35. The quantitative estimate of drug-likeness (QED) is 0.692. The molecule has 0 amide bonds. The number of anilines is 1. The Labute approximate surface area is 102 Å². The van der Waals surface area contributed by atoms with Crippen molar-refractivity contribution in [1.29, 1.82) is 0 Å². The Kier molecular flexibility index (Phi) is 2.23. The Morgan fingerprint density at radius 3 is 2.88 bits per heavy atom. The number of nitrogens with zero attached hydrogens (tertiary/aromatic N) is 2. The van der Waals surface area contributed by atoms with Crippen LogP contribution < -0.4 is 5.73 Å². The van der Waals surface area contributed by atoms with Gasteiger partial charge < -0.3 is 10.7 Å². The molecule has 0 unspecified atom stereocenters. The van der Waals surface area contributed by atoms with Gasteiger partial charge in [0.15, 0.2) is 0 Å². The normalized spacial score (nSPS) is 10.9. The van der Waals surface area contributed by atoms with Gasteiger partial charge in [0.05, 0.1) is 16.7 Å². The summed E-state index contributed by atoms with van der Waals surface area (Å²) in [6.07, 6.45) is 3.32. The highest BCUT2D eigenvalue weighted by Crippen LogP contribution is 2.23. The van der Waals surface area contributed by atoms with Crippen molar-refractivity contribution in [1.82, 2.24) is 15.0 Å². The second-order valence-corrected chi connectivity index (χ2v) is 4.19. The van der Waals surface area contributed by atoms with Gasteiger partial charge in [-0.2, -0.15) is 0 Å². The molecule has 0 aliphatic carbocycles. The van der Waals surface area contributed by atoms with Crippen molar-refractivity contribution in [2.75, 3.05) is 5.73 Å². The van der Waals surface area contributed by atoms with Crippen molar-refractivity contribution >= 4 is 28.3 Å². The molecule has 0 atom stereocenters. The number of H-pyrrole nitrogens is 1. The second kappa shape index (κ2) is 3.75. The summed E-state index contributed by atoms with van der Waals surface area (Å²) in [5.74, 6) is 0.738. The maximum Gasteiger partial charge on any atom is 0.140 e. The van der Waals surface area contributed by atoms with E-state index in [1.807, 2.05) is 24.3 Å². The molecule has 3 N–H and O–H groups in total. The zero-order valence-electron chi connectivity index (χ0n) is 8.81. The van der Waals surface area contributed by atoms with E-state index in [0.717, 1.165) is 22.4 Å². The Bertz CT molecular complexity index is 690. The third kappa shape index (κ3) is 1.83. The first kappa shape index (κ1) is 10.1. The fraction of sp³-hybridized carbons (Fsp3) is 0. The van der Waals surface area contributed by atoms with Crippen molar-refractivity contribution in [3.8, 4) is 11.4 Å². The minimum absolute atomic E-state index is 0.612. The molecule has 2 aromatic heterocycles. The topological polar surface area (TPSA) is 67.6 Å². The lowest BCUT2D eigenvalue weighted by molar-refractivity contribution is 1.28. The van der Waals surface area contributed by atoms with Crippen molar-refractivity contribution in [3.05, 3.63) is 41.7 Å². The monoisotopic (exact) mass is 244 g/mol. The zero-order chi connectivity index (χ0) is 11.8. The number of fused-ring (bicyclic) bond motifs is 1. The lowest BCUT2D eigenvalue weighted by Gasteiger charge is -1.96. The maximum atomic E-state index is 5.92. The molecule has 0 radical (unpaired) electrons. The molecule has 84 valence electrons. The van der Waals surface area contributed by atoms with Gasteiger partial charge in [0.1, 0.15) is 5.82 Å². The SMILES string of the molecule is Nc1cncc(-c2nc3ccc(Cl)cc3[nH]2)c1. The summed E-state index contributed by atoms with van der Waals surface area (Å²) in [5, 5.41) is 0.679. The standard InChI is InChI=1S/C12H9ClN4/c13-8-1-2-10-11(4-8)17-12(16-10)7-3-9(14)6-15-5-7/h1-6H,14H2,(H,16,17). The lowest BCUT2D eigenvalue weighted by Crippen LogP contribution is -1.88. The smallest absolute Gasteiger partial charge is 0.140 e. The Balaban J connectivity index is 2.18. The zero-order valence-corrected chi connectivity index (χ0v) is 9.57. The van der Waals surface area contributed by atoms with Gasteiger partial charge in [0, 0.05) is 23.0 Å². The van der Waals surface area contributed by atoms with Crippen LogP contribution in [0.4, 0.5) is 5.69 Å². The highest BCUT2D eigenvalue weighted by molar-refractivity contribution is 6.31. The highest BCUT2D eigenvalue weighted by atomic mass is 35.5. The van der Waals surface area contributed by atoms with E-state index in [2.05, 4.69) is 15.0 Å². The van der Waals surface area contributed by atoms with E-state index in [4.69, 9.17) is 17.3 Å². The molecular formula is C12H9ClN4. The molecule has 0 aliphatic rings. The first-order valence-corrected chi connectivity index (χ1v) is 5.46. The molecule has 0 bridgehead atoms. The molecule has 1 aromatic carbocycles. The predicted molar refractivity (Wildman–Crippen MR) is 68.7 cm³/mol. The number of hydrogen-bond acceptors (Lipinski definition) is 3. The number of nitrogens with two attached hydrogens (primary N) is 1. The molecule has 3 rings (SSSR count). The van der Waals surface area contributed by atoms with Crippen molar-refractivity contribution in [2.45, 2.75) is 0 Å². The van der Waals surface area contributed by atoms with Crippen LogP contribution in [0.1, 0.15) is 0 Å². The van der Waals surface area contributed by atoms with Crippen LogP contribution in [0.3, 0.4) is 0 Å². The number of aromatic amines is 1. The Morgan fingerprint density at radius 1 is 1.18 bits per heavy atom. The summed E-state index contributed by atoms with van der Waals surface area (Å²) >= 11 is 5.92. The molecule has 17 heavy (non-hydrogen) atoms. The van der Waals surface area contributed by atoms with E-state index in [-0.39, 0.29) is 0 Å². The molecule has 0 spiro atoms. The first-order valence-electron chi connectivity index (χ1n) is 5.08. The molecular weight excluding hydrogens is 236 g/mol. The average Bonchev–Trinajstić information content (AvgIpc) is 2.72. The van der Waals surface area contributed by atoms with Crippen LogP contribution in [0.2, 0.25) is 5.02 Å². The number of pyridine rings is 1. The number of hydrogen-bond donors (Lipinski definition) is 2. The van der Waals surface area contributed by atoms with Crippen molar-refractivity contribution in [3.63, 3.8) is 0 Å². The van der Waals surface area contributed by atoms with Gasteiger partial charge in [-0.05, 0) is 24.3 Å². The van der Waals surface area contributed by atoms with E-state index in [1.54, 1.807) is 12.4 Å². The lowest BCUT2D eigenvalue weighted by atomic mass is 10.2. The van der Waals surface area contributed by atoms with E-state index in [0.29, 0.717) is 10.7 Å².